The number of aliphatic hydroxyl groups is 1. The molecule has 0 amide bonds. The van der Waals surface area contributed by atoms with E-state index in [1.807, 2.05) is 30.3 Å². The largest absolute Gasteiger partial charge is 0.490 e. The van der Waals surface area contributed by atoms with Crippen molar-refractivity contribution in [1.29, 1.82) is 0 Å². The van der Waals surface area contributed by atoms with Crippen LogP contribution in [-0.2, 0) is 13.2 Å². The first-order valence-electron chi connectivity index (χ1n) is 6.42. The molecule has 0 aliphatic carbocycles. The van der Waals surface area contributed by atoms with Gasteiger partial charge < -0.3 is 14.6 Å². The molecule has 0 saturated heterocycles. The van der Waals surface area contributed by atoms with Gasteiger partial charge in [0.15, 0.2) is 0 Å². The highest BCUT2D eigenvalue weighted by atomic mass is 19.1. The Morgan fingerprint density at radius 3 is 2.50 bits per heavy atom. The fourth-order valence-corrected chi connectivity index (χ4v) is 1.80. The Balaban J connectivity index is 2.02. The molecule has 0 radical (unpaired) electrons. The van der Waals surface area contributed by atoms with Crippen molar-refractivity contribution >= 4 is 0 Å². The Morgan fingerprint density at radius 1 is 1.00 bits per heavy atom. The van der Waals surface area contributed by atoms with Gasteiger partial charge in [0.2, 0.25) is 0 Å². The molecule has 106 valence electrons. The third kappa shape index (κ3) is 3.96. The second-order valence-electron chi connectivity index (χ2n) is 4.24. The van der Waals surface area contributed by atoms with E-state index in [1.165, 1.54) is 0 Å². The average molecular weight is 276 g/mol. The third-order valence-electron chi connectivity index (χ3n) is 2.79. The van der Waals surface area contributed by atoms with E-state index >= 15 is 0 Å². The van der Waals surface area contributed by atoms with E-state index in [1.54, 1.807) is 18.2 Å². The molecular weight excluding hydrogens is 259 g/mol. The zero-order valence-electron chi connectivity index (χ0n) is 11.1. The van der Waals surface area contributed by atoms with Crippen LogP contribution >= 0.6 is 0 Å². The van der Waals surface area contributed by atoms with Crippen LogP contribution in [0.1, 0.15) is 11.1 Å². The van der Waals surface area contributed by atoms with Crippen LogP contribution < -0.4 is 9.47 Å². The van der Waals surface area contributed by atoms with Crippen molar-refractivity contribution in [3.05, 3.63) is 59.7 Å². The first-order chi connectivity index (χ1) is 9.83. The van der Waals surface area contributed by atoms with Gasteiger partial charge in [0.25, 0.3) is 0 Å². The van der Waals surface area contributed by atoms with E-state index in [2.05, 4.69) is 0 Å². The van der Waals surface area contributed by atoms with Crippen molar-refractivity contribution < 1.29 is 19.0 Å². The van der Waals surface area contributed by atoms with E-state index in [9.17, 15) is 9.50 Å². The van der Waals surface area contributed by atoms with E-state index in [4.69, 9.17) is 9.47 Å². The first-order valence-corrected chi connectivity index (χ1v) is 6.42. The third-order valence-corrected chi connectivity index (χ3v) is 2.79. The van der Waals surface area contributed by atoms with Crippen molar-refractivity contribution in [2.24, 2.45) is 0 Å². The molecule has 0 aromatic heterocycles. The summed E-state index contributed by atoms with van der Waals surface area (Å²) >= 11 is 0. The van der Waals surface area contributed by atoms with Crippen LogP contribution in [0.5, 0.6) is 11.5 Å². The van der Waals surface area contributed by atoms with Crippen molar-refractivity contribution in [2.45, 2.75) is 13.2 Å². The maximum absolute atomic E-state index is 12.1. The normalized spacial score (nSPS) is 10.3. The Morgan fingerprint density at radius 2 is 1.80 bits per heavy atom. The van der Waals surface area contributed by atoms with Gasteiger partial charge in [-0.05, 0) is 23.8 Å². The van der Waals surface area contributed by atoms with Crippen LogP contribution in [-0.4, -0.2) is 18.4 Å². The molecule has 0 atom stereocenters. The molecular formula is C16H17FO3. The van der Waals surface area contributed by atoms with Crippen molar-refractivity contribution in [3.8, 4) is 11.5 Å². The van der Waals surface area contributed by atoms with Gasteiger partial charge >= 0.3 is 0 Å². The molecule has 4 heteroatoms. The highest BCUT2D eigenvalue weighted by Crippen LogP contribution is 2.25. The van der Waals surface area contributed by atoms with Crippen LogP contribution in [0.4, 0.5) is 4.39 Å². The number of halogens is 1. The number of ether oxygens (including phenoxy) is 2. The smallest absolute Gasteiger partial charge is 0.125 e. The van der Waals surface area contributed by atoms with Gasteiger partial charge in [-0.1, -0.05) is 30.3 Å². The predicted molar refractivity (Wildman–Crippen MR) is 74.6 cm³/mol. The van der Waals surface area contributed by atoms with Crippen LogP contribution in [0.15, 0.2) is 48.5 Å². The summed E-state index contributed by atoms with van der Waals surface area (Å²) < 4.78 is 22.9. The van der Waals surface area contributed by atoms with Crippen LogP contribution in [0, 0.1) is 0 Å². The number of hydrogen-bond donors (Lipinski definition) is 1. The fourth-order valence-electron chi connectivity index (χ4n) is 1.80. The molecule has 0 fully saturated rings. The summed E-state index contributed by atoms with van der Waals surface area (Å²) in [5.41, 5.74) is 1.65. The van der Waals surface area contributed by atoms with Crippen LogP contribution in [0.3, 0.4) is 0 Å². The van der Waals surface area contributed by atoms with Gasteiger partial charge in [-0.25, -0.2) is 4.39 Å². The highest BCUT2D eigenvalue weighted by molar-refractivity contribution is 5.40. The Hall–Kier alpha value is -2.07. The van der Waals surface area contributed by atoms with Gasteiger partial charge in [0, 0.05) is 5.56 Å². The summed E-state index contributed by atoms with van der Waals surface area (Å²) in [6.07, 6.45) is 0. The lowest BCUT2D eigenvalue weighted by molar-refractivity contribution is 0.246. The summed E-state index contributed by atoms with van der Waals surface area (Å²) in [4.78, 5) is 0. The Kier molecular flexibility index (Phi) is 5.38. The minimum atomic E-state index is -0.558. The molecule has 0 bridgehead atoms. The lowest BCUT2D eigenvalue weighted by Crippen LogP contribution is -2.02. The molecule has 0 unspecified atom stereocenters. The Bertz CT molecular complexity index is 529. The minimum Gasteiger partial charge on any atom is -0.490 e. The molecule has 0 aliphatic heterocycles. The van der Waals surface area contributed by atoms with Gasteiger partial charge in [0.05, 0.1) is 6.61 Å². The van der Waals surface area contributed by atoms with Gasteiger partial charge in [-0.3, -0.25) is 0 Å². The number of hydrogen-bond acceptors (Lipinski definition) is 3. The topological polar surface area (TPSA) is 38.7 Å². The molecule has 2 aromatic carbocycles. The molecule has 20 heavy (non-hydrogen) atoms. The summed E-state index contributed by atoms with van der Waals surface area (Å²) in [6.45, 7) is -0.297. The minimum absolute atomic E-state index is 0.0166. The molecule has 0 saturated carbocycles. The molecule has 2 rings (SSSR count). The van der Waals surface area contributed by atoms with Gasteiger partial charge in [-0.2, -0.15) is 0 Å². The van der Waals surface area contributed by atoms with E-state index in [-0.39, 0.29) is 13.2 Å². The maximum Gasteiger partial charge on any atom is 0.125 e. The fraction of sp³-hybridized carbons (Fsp3) is 0.250. The van der Waals surface area contributed by atoms with Crippen LogP contribution in [0.25, 0.3) is 0 Å². The van der Waals surface area contributed by atoms with E-state index in [0.29, 0.717) is 23.7 Å². The Labute approximate surface area is 117 Å². The summed E-state index contributed by atoms with van der Waals surface area (Å²) in [5.74, 6) is 1.13. The number of benzene rings is 2. The standard InChI is InChI=1S/C16H17FO3/c17-8-9-19-16-7-6-15(10-14(16)11-18)20-12-13-4-2-1-3-5-13/h1-7,10,18H,8-9,11-12H2. The monoisotopic (exact) mass is 276 g/mol. The zero-order valence-corrected chi connectivity index (χ0v) is 11.1. The second kappa shape index (κ2) is 7.50. The quantitative estimate of drug-likeness (QED) is 0.844. The zero-order chi connectivity index (χ0) is 14.2. The predicted octanol–water partition coefficient (Wildman–Crippen LogP) is 3.11. The maximum atomic E-state index is 12.1. The average Bonchev–Trinajstić information content (AvgIpc) is 2.52. The molecule has 3 nitrogen and oxygen atoms in total. The van der Waals surface area contributed by atoms with Gasteiger partial charge in [-0.15, -0.1) is 0 Å². The molecule has 0 spiro atoms. The SMILES string of the molecule is OCc1cc(OCc2ccccc2)ccc1OCCF. The van der Waals surface area contributed by atoms with Crippen LogP contribution in [0.2, 0.25) is 0 Å². The number of alkyl halides is 1. The highest BCUT2D eigenvalue weighted by Gasteiger charge is 2.05. The van der Waals surface area contributed by atoms with E-state index in [0.717, 1.165) is 5.56 Å². The molecule has 2 aromatic rings. The molecule has 1 N–H and O–H groups in total. The summed E-state index contributed by atoms with van der Waals surface area (Å²) in [6, 6.07) is 14.9. The first kappa shape index (κ1) is 14.3. The van der Waals surface area contributed by atoms with Gasteiger partial charge in [0.1, 0.15) is 31.4 Å². The van der Waals surface area contributed by atoms with Crippen molar-refractivity contribution in [3.63, 3.8) is 0 Å². The molecule has 0 heterocycles. The number of aliphatic hydroxyl groups excluding tert-OH is 1. The van der Waals surface area contributed by atoms with Crippen molar-refractivity contribution in [1.82, 2.24) is 0 Å². The second-order valence-corrected chi connectivity index (χ2v) is 4.24. The lowest BCUT2D eigenvalue weighted by atomic mass is 10.2. The lowest BCUT2D eigenvalue weighted by Gasteiger charge is -2.12. The number of rotatable bonds is 7. The summed E-state index contributed by atoms with van der Waals surface area (Å²) in [7, 11) is 0. The molecule has 0 aliphatic rings. The van der Waals surface area contributed by atoms with E-state index < -0.39 is 6.67 Å². The van der Waals surface area contributed by atoms with Crippen molar-refractivity contribution in [2.75, 3.05) is 13.3 Å². The summed E-state index contributed by atoms with van der Waals surface area (Å²) in [5, 5.41) is 9.30.